The number of hydrogen-bond donors (Lipinski definition) is 1. The Morgan fingerprint density at radius 2 is 1.63 bits per heavy atom. The molecule has 4 rings (SSSR count). The van der Waals surface area contributed by atoms with E-state index in [1.165, 1.54) is 25.1 Å². The van der Waals surface area contributed by atoms with Gasteiger partial charge in [-0.25, -0.2) is 0 Å². The van der Waals surface area contributed by atoms with Gasteiger partial charge in [-0.3, -0.25) is 19.0 Å². The van der Waals surface area contributed by atoms with E-state index in [0.29, 0.717) is 13.0 Å². The molecule has 0 atom stereocenters. The highest BCUT2D eigenvalue weighted by atomic mass is 35.5. The number of carbonyl (C=O) groups is 2. The molecule has 1 aliphatic carbocycles. The molecule has 0 unspecified atom stereocenters. The zero-order chi connectivity index (χ0) is 27.7. The maximum atomic E-state index is 13.4. The lowest BCUT2D eigenvalue weighted by Gasteiger charge is -2.20. The first kappa shape index (κ1) is 27.2. The van der Waals surface area contributed by atoms with Crippen molar-refractivity contribution in [3.8, 4) is 11.9 Å². The van der Waals surface area contributed by atoms with Crippen LogP contribution in [0.2, 0.25) is 10.0 Å². The van der Waals surface area contributed by atoms with Crippen molar-refractivity contribution >= 4 is 46.1 Å². The van der Waals surface area contributed by atoms with Gasteiger partial charge in [-0.15, -0.1) is 10.2 Å². The number of azo groups is 1. The van der Waals surface area contributed by atoms with Crippen LogP contribution in [0.1, 0.15) is 63.2 Å². The number of ketones is 2. The summed E-state index contributed by atoms with van der Waals surface area (Å²) in [6, 6.07) is 9.48. The summed E-state index contributed by atoms with van der Waals surface area (Å²) in [7, 11) is 0. The van der Waals surface area contributed by atoms with Gasteiger partial charge in [0.2, 0.25) is 5.88 Å². The fourth-order valence-corrected chi connectivity index (χ4v) is 4.79. The second-order valence-electron chi connectivity index (χ2n) is 8.86. The van der Waals surface area contributed by atoms with Gasteiger partial charge >= 0.3 is 0 Å². The maximum absolute atomic E-state index is 13.4. The highest BCUT2D eigenvalue weighted by Crippen LogP contribution is 2.42. The number of nitrogens with zero attached hydrogens (tertiary/aromatic N) is 4. The van der Waals surface area contributed by atoms with Crippen LogP contribution in [0.25, 0.3) is 0 Å². The van der Waals surface area contributed by atoms with E-state index in [2.05, 4.69) is 10.2 Å². The number of nitriles is 1. The Morgan fingerprint density at radius 3 is 2.24 bits per heavy atom. The zero-order valence-electron chi connectivity index (χ0n) is 20.7. The summed E-state index contributed by atoms with van der Waals surface area (Å²) in [6.07, 6.45) is 0.386. The van der Waals surface area contributed by atoms with Crippen molar-refractivity contribution in [1.82, 2.24) is 4.57 Å². The van der Waals surface area contributed by atoms with Gasteiger partial charge in [0.1, 0.15) is 17.3 Å². The number of fused-ring (bicyclic) bond motifs is 2. The van der Waals surface area contributed by atoms with Crippen LogP contribution < -0.4 is 5.56 Å². The Labute approximate surface area is 227 Å². The lowest BCUT2D eigenvalue weighted by atomic mass is 9.83. The number of aromatic nitrogens is 1. The number of aromatic hydroxyl groups is 1. The molecule has 194 valence electrons. The first-order chi connectivity index (χ1) is 18.1. The number of halogens is 2. The molecular weight excluding hydrogens is 531 g/mol. The lowest BCUT2D eigenvalue weighted by Crippen LogP contribution is -2.23. The predicted molar refractivity (Wildman–Crippen MR) is 141 cm³/mol. The normalized spacial score (nSPS) is 12.7. The second-order valence-corrected chi connectivity index (χ2v) is 9.67. The lowest BCUT2D eigenvalue weighted by molar-refractivity contribution is 0.0744. The Kier molecular flexibility index (Phi) is 7.78. The van der Waals surface area contributed by atoms with Gasteiger partial charge in [0.25, 0.3) is 5.56 Å². The van der Waals surface area contributed by atoms with Crippen LogP contribution in [0.5, 0.6) is 5.88 Å². The standard InChI is InChI=1S/C27H22Cl2N4O5/c1-13(2)38-10-6-9-33-26(36)17(12-30)14(3)22(27(33)37)31-32-23-19(29)11-18(28)20-21(23)25(35)16-8-5-4-7-15(16)24(20)34/h4-5,7-8,11,13,36H,6,9-10H2,1-3H3. The summed E-state index contributed by atoms with van der Waals surface area (Å²) >= 11 is 12.7. The average Bonchev–Trinajstić information content (AvgIpc) is 2.87. The zero-order valence-corrected chi connectivity index (χ0v) is 22.2. The van der Waals surface area contributed by atoms with Crippen molar-refractivity contribution in [3.05, 3.63) is 84.1 Å². The van der Waals surface area contributed by atoms with Gasteiger partial charge in [0, 0.05) is 29.8 Å². The molecule has 0 saturated carbocycles. The topological polar surface area (TPSA) is 134 Å². The van der Waals surface area contributed by atoms with Crippen LogP contribution in [0.4, 0.5) is 11.4 Å². The number of pyridine rings is 1. The average molecular weight is 553 g/mol. The third-order valence-electron chi connectivity index (χ3n) is 6.07. The smallest absolute Gasteiger partial charge is 0.281 e. The maximum Gasteiger partial charge on any atom is 0.281 e. The van der Waals surface area contributed by atoms with Crippen molar-refractivity contribution in [2.75, 3.05) is 6.61 Å². The van der Waals surface area contributed by atoms with E-state index in [-0.39, 0.29) is 67.4 Å². The van der Waals surface area contributed by atoms with Crippen molar-refractivity contribution in [1.29, 1.82) is 5.26 Å². The summed E-state index contributed by atoms with van der Waals surface area (Å²) in [5.74, 6) is -1.47. The van der Waals surface area contributed by atoms with Crippen molar-refractivity contribution in [2.45, 2.75) is 39.8 Å². The van der Waals surface area contributed by atoms with E-state index in [4.69, 9.17) is 27.9 Å². The number of ether oxygens (including phenoxy) is 1. The molecule has 1 aromatic heterocycles. The van der Waals surface area contributed by atoms with Crippen molar-refractivity contribution in [3.63, 3.8) is 0 Å². The molecule has 0 spiro atoms. The SMILES string of the molecule is Cc1c(C#N)c(O)n(CCCOC(C)C)c(=O)c1N=Nc1c(Cl)cc(Cl)c2c1C(=O)c1ccccc1C2=O. The minimum absolute atomic E-state index is 0.00558. The third kappa shape index (κ3) is 4.74. The molecule has 0 aliphatic heterocycles. The summed E-state index contributed by atoms with van der Waals surface area (Å²) in [6.45, 7) is 5.60. The summed E-state index contributed by atoms with van der Waals surface area (Å²) in [4.78, 5) is 39.8. The number of hydrogen-bond acceptors (Lipinski definition) is 8. The van der Waals surface area contributed by atoms with Gasteiger partial charge in [-0.2, -0.15) is 5.26 Å². The van der Waals surface area contributed by atoms with Crippen molar-refractivity contribution in [2.24, 2.45) is 10.2 Å². The molecule has 38 heavy (non-hydrogen) atoms. The molecule has 0 amide bonds. The fraction of sp³-hybridized carbons (Fsp3) is 0.259. The quantitative estimate of drug-likeness (QED) is 0.219. The van der Waals surface area contributed by atoms with Crippen LogP contribution in [0.15, 0.2) is 45.4 Å². The summed E-state index contributed by atoms with van der Waals surface area (Å²) in [5.41, 5.74) is -0.922. The molecule has 11 heteroatoms. The largest absolute Gasteiger partial charge is 0.493 e. The molecule has 0 radical (unpaired) electrons. The van der Waals surface area contributed by atoms with Crippen LogP contribution in [-0.4, -0.2) is 34.0 Å². The molecule has 9 nitrogen and oxygen atoms in total. The minimum Gasteiger partial charge on any atom is -0.493 e. The van der Waals surface area contributed by atoms with Crippen LogP contribution in [0, 0.1) is 18.3 Å². The van der Waals surface area contributed by atoms with Gasteiger partial charge in [-0.1, -0.05) is 47.5 Å². The first-order valence-electron chi connectivity index (χ1n) is 11.7. The Bertz CT molecular complexity index is 1620. The van der Waals surface area contributed by atoms with Gasteiger partial charge < -0.3 is 9.84 Å². The Hall–Kier alpha value is -3.84. The molecule has 0 saturated heterocycles. The molecular formula is C27H22Cl2N4O5. The van der Waals surface area contributed by atoms with Gasteiger partial charge in [0.05, 0.1) is 27.3 Å². The number of benzene rings is 2. The Morgan fingerprint density at radius 1 is 1.03 bits per heavy atom. The van der Waals surface area contributed by atoms with E-state index >= 15 is 0 Å². The molecule has 2 aromatic carbocycles. The van der Waals surface area contributed by atoms with Crippen LogP contribution in [-0.2, 0) is 11.3 Å². The van der Waals surface area contributed by atoms with Crippen LogP contribution in [0.3, 0.4) is 0 Å². The fourth-order valence-electron chi connectivity index (χ4n) is 4.20. The van der Waals surface area contributed by atoms with Crippen LogP contribution >= 0.6 is 23.2 Å². The summed E-state index contributed by atoms with van der Waals surface area (Å²) < 4.78 is 6.51. The van der Waals surface area contributed by atoms with Crippen molar-refractivity contribution < 1.29 is 19.4 Å². The number of rotatable bonds is 7. The highest BCUT2D eigenvalue weighted by Gasteiger charge is 2.35. The van der Waals surface area contributed by atoms with E-state index < -0.39 is 23.0 Å². The molecule has 0 bridgehead atoms. The second kappa shape index (κ2) is 10.9. The van der Waals surface area contributed by atoms with E-state index in [9.17, 15) is 24.8 Å². The molecule has 3 aromatic rings. The third-order valence-corrected chi connectivity index (χ3v) is 6.66. The summed E-state index contributed by atoms with van der Waals surface area (Å²) in [5, 5.41) is 28.3. The molecule has 0 fully saturated rings. The van der Waals surface area contributed by atoms with E-state index in [1.807, 2.05) is 19.9 Å². The molecule has 1 N–H and O–H groups in total. The Balaban J connectivity index is 1.84. The minimum atomic E-state index is -0.695. The van der Waals surface area contributed by atoms with Gasteiger partial charge in [-0.05, 0) is 33.3 Å². The monoisotopic (exact) mass is 552 g/mol. The van der Waals surface area contributed by atoms with E-state index in [0.717, 1.165) is 4.57 Å². The first-order valence-corrected chi connectivity index (χ1v) is 12.4. The highest BCUT2D eigenvalue weighted by molar-refractivity contribution is 6.43. The molecule has 1 aliphatic rings. The molecule has 1 heterocycles. The van der Waals surface area contributed by atoms with Gasteiger partial charge in [0.15, 0.2) is 17.3 Å². The number of carbonyl (C=O) groups excluding carboxylic acids is 2. The van der Waals surface area contributed by atoms with E-state index in [1.54, 1.807) is 12.1 Å². The predicted octanol–water partition coefficient (Wildman–Crippen LogP) is 6.05.